The number of carbonyl (C=O) groups is 1. The number of amidine groups is 1. The Morgan fingerprint density at radius 3 is 2.53 bits per heavy atom. The van der Waals surface area contributed by atoms with Gasteiger partial charge in [-0.3, -0.25) is 9.67 Å². The van der Waals surface area contributed by atoms with Crippen LogP contribution in [0.3, 0.4) is 0 Å². The second-order valence-corrected chi connectivity index (χ2v) is 9.49. The summed E-state index contributed by atoms with van der Waals surface area (Å²) in [5.41, 5.74) is -1.05. The molecule has 8 nitrogen and oxygen atoms in total. The molecule has 1 saturated carbocycles. The molecule has 1 saturated heterocycles. The average Bonchev–Trinajstić information content (AvgIpc) is 3.36. The number of halogens is 3. The van der Waals surface area contributed by atoms with Gasteiger partial charge < -0.3 is 14.4 Å². The van der Waals surface area contributed by atoms with Gasteiger partial charge in [-0.25, -0.2) is 9.79 Å². The van der Waals surface area contributed by atoms with Crippen molar-refractivity contribution >= 4 is 17.6 Å². The molecule has 0 aromatic carbocycles. The van der Waals surface area contributed by atoms with Crippen LogP contribution in [0.15, 0.2) is 16.2 Å². The molecule has 1 aromatic heterocycles. The highest BCUT2D eigenvalue weighted by atomic mass is 19.4. The van der Waals surface area contributed by atoms with Crippen molar-refractivity contribution in [3.8, 4) is 0 Å². The minimum Gasteiger partial charge on any atom is -0.444 e. The lowest BCUT2D eigenvalue weighted by Gasteiger charge is -2.33. The van der Waals surface area contributed by atoms with Gasteiger partial charge in [-0.2, -0.15) is 18.3 Å². The van der Waals surface area contributed by atoms with Crippen LogP contribution in [0.25, 0.3) is 0 Å². The number of alkyl halides is 3. The third-order valence-electron chi connectivity index (χ3n) is 5.59. The summed E-state index contributed by atoms with van der Waals surface area (Å²) in [6, 6.07) is -0.0450. The lowest BCUT2D eigenvalue weighted by Crippen LogP contribution is -2.43. The van der Waals surface area contributed by atoms with Crippen LogP contribution in [-0.4, -0.2) is 69.8 Å². The predicted octanol–water partition coefficient (Wildman–Crippen LogP) is 3.44. The summed E-state index contributed by atoms with van der Waals surface area (Å²) >= 11 is 0. The van der Waals surface area contributed by atoms with Crippen molar-refractivity contribution in [1.29, 1.82) is 0 Å². The van der Waals surface area contributed by atoms with Crippen molar-refractivity contribution in [2.75, 3.05) is 19.7 Å². The number of hydrogen-bond acceptors (Lipinski definition) is 6. The topological polar surface area (TPSA) is 81.3 Å². The predicted molar refractivity (Wildman–Crippen MR) is 111 cm³/mol. The summed E-state index contributed by atoms with van der Waals surface area (Å²) in [5.74, 6) is 0.311. The first kappa shape index (κ1) is 22.8. The van der Waals surface area contributed by atoms with E-state index in [-0.39, 0.29) is 36.3 Å². The van der Waals surface area contributed by atoms with Crippen molar-refractivity contribution in [2.45, 2.75) is 64.0 Å². The molecular formula is C21H28F3N5O3. The first-order valence-electron chi connectivity index (χ1n) is 10.8. The van der Waals surface area contributed by atoms with Crippen molar-refractivity contribution < 1.29 is 27.4 Å². The third kappa shape index (κ3) is 5.13. The number of hydrogen-bond donors (Lipinski definition) is 0. The van der Waals surface area contributed by atoms with Gasteiger partial charge in [-0.15, -0.1) is 0 Å². The monoisotopic (exact) mass is 455 g/mol. The van der Waals surface area contributed by atoms with E-state index in [9.17, 15) is 18.0 Å². The number of piperidine rings is 1. The van der Waals surface area contributed by atoms with Crippen LogP contribution < -0.4 is 0 Å². The zero-order valence-corrected chi connectivity index (χ0v) is 18.6. The highest BCUT2D eigenvalue weighted by Crippen LogP contribution is 2.42. The standard InChI is InChI=1S/C21H28F3N5O3/c1-20(2,3)32-19(30)29-7-5-12(6-8-29)31-11-16-25-15-9-13(15)17(26-16)14-10-28(4)27-18(14)21(22,23)24/h10,12-13,15H,5-9,11H2,1-4H3. The molecule has 3 heterocycles. The fraction of sp³-hybridized carbons (Fsp3) is 0.714. The van der Waals surface area contributed by atoms with Crippen molar-refractivity contribution in [3.63, 3.8) is 0 Å². The van der Waals surface area contributed by atoms with Crippen LogP contribution >= 0.6 is 0 Å². The molecule has 4 rings (SSSR count). The van der Waals surface area contributed by atoms with Gasteiger partial charge >= 0.3 is 12.3 Å². The molecule has 0 spiro atoms. The van der Waals surface area contributed by atoms with Crippen LogP contribution in [0.4, 0.5) is 18.0 Å². The number of nitrogens with zero attached hydrogens (tertiary/aromatic N) is 5. The van der Waals surface area contributed by atoms with Gasteiger partial charge in [0.25, 0.3) is 0 Å². The maximum Gasteiger partial charge on any atom is 0.435 e. The van der Waals surface area contributed by atoms with Gasteiger partial charge in [0.2, 0.25) is 0 Å². The maximum atomic E-state index is 13.4. The molecule has 2 unspecified atom stereocenters. The van der Waals surface area contributed by atoms with E-state index < -0.39 is 17.5 Å². The van der Waals surface area contributed by atoms with E-state index in [4.69, 9.17) is 9.47 Å². The van der Waals surface area contributed by atoms with Gasteiger partial charge in [0.05, 0.1) is 17.9 Å². The summed E-state index contributed by atoms with van der Waals surface area (Å²) in [5, 5.41) is 3.60. The maximum absolute atomic E-state index is 13.4. The molecule has 0 radical (unpaired) electrons. The average molecular weight is 455 g/mol. The number of fused-ring (bicyclic) bond motifs is 1. The molecule has 1 aromatic rings. The first-order chi connectivity index (χ1) is 14.9. The highest BCUT2D eigenvalue weighted by Gasteiger charge is 2.48. The van der Waals surface area contributed by atoms with E-state index >= 15 is 0 Å². The summed E-state index contributed by atoms with van der Waals surface area (Å²) in [6.07, 6.45) is -1.60. The van der Waals surface area contributed by atoms with Crippen LogP contribution in [0.1, 0.15) is 51.3 Å². The Morgan fingerprint density at radius 1 is 1.22 bits per heavy atom. The van der Waals surface area contributed by atoms with E-state index in [0.29, 0.717) is 43.9 Å². The highest BCUT2D eigenvalue weighted by molar-refractivity contribution is 6.13. The third-order valence-corrected chi connectivity index (χ3v) is 5.59. The van der Waals surface area contributed by atoms with Gasteiger partial charge in [-0.1, -0.05) is 0 Å². The number of rotatable bonds is 4. The van der Waals surface area contributed by atoms with Crippen molar-refractivity contribution in [3.05, 3.63) is 17.5 Å². The molecule has 3 aliphatic rings. The zero-order chi connectivity index (χ0) is 23.3. The van der Waals surface area contributed by atoms with Gasteiger partial charge in [0, 0.05) is 37.8 Å². The molecule has 0 bridgehead atoms. The Balaban J connectivity index is 1.36. The first-order valence-corrected chi connectivity index (χ1v) is 10.8. The van der Waals surface area contributed by atoms with Crippen molar-refractivity contribution in [2.24, 2.45) is 23.0 Å². The molecule has 32 heavy (non-hydrogen) atoms. The number of ether oxygens (including phenoxy) is 2. The Kier molecular flexibility index (Phi) is 5.81. The van der Waals surface area contributed by atoms with Crippen molar-refractivity contribution in [1.82, 2.24) is 14.7 Å². The summed E-state index contributed by atoms with van der Waals surface area (Å²) in [7, 11) is 1.47. The second-order valence-electron chi connectivity index (χ2n) is 9.49. The summed E-state index contributed by atoms with van der Waals surface area (Å²) < 4.78 is 52.7. The summed E-state index contributed by atoms with van der Waals surface area (Å²) in [4.78, 5) is 22.8. The SMILES string of the molecule is Cn1cc(C2=NC(COC3CCN(C(=O)OC(C)(C)C)CC3)=NC3CC23)c(C(F)(F)F)n1. The molecule has 11 heteroatoms. The Morgan fingerprint density at radius 2 is 1.91 bits per heavy atom. The molecule has 2 fully saturated rings. The largest absolute Gasteiger partial charge is 0.444 e. The van der Waals surface area contributed by atoms with E-state index in [1.54, 1.807) is 4.90 Å². The Bertz CT molecular complexity index is 939. The minimum absolute atomic E-state index is 0.0190. The van der Waals surface area contributed by atoms with E-state index in [1.807, 2.05) is 20.8 Å². The molecule has 2 aliphatic heterocycles. The summed E-state index contributed by atoms with van der Waals surface area (Å²) in [6.45, 7) is 6.66. The molecule has 2 atom stereocenters. The fourth-order valence-electron chi connectivity index (χ4n) is 4.00. The van der Waals surface area contributed by atoms with E-state index in [0.717, 1.165) is 0 Å². The van der Waals surface area contributed by atoms with Gasteiger partial charge in [0.15, 0.2) is 5.69 Å². The lowest BCUT2D eigenvalue weighted by atomic mass is 10.1. The molecular weight excluding hydrogens is 427 g/mol. The number of likely N-dealkylation sites (tertiary alicyclic amines) is 1. The quantitative estimate of drug-likeness (QED) is 0.697. The normalized spacial score (nSPS) is 24.0. The lowest BCUT2D eigenvalue weighted by molar-refractivity contribution is -0.141. The van der Waals surface area contributed by atoms with E-state index in [1.165, 1.54) is 17.9 Å². The number of amides is 1. The molecule has 176 valence electrons. The smallest absolute Gasteiger partial charge is 0.435 e. The number of aromatic nitrogens is 2. The number of carbonyl (C=O) groups excluding carboxylic acids is 1. The molecule has 1 amide bonds. The number of aliphatic imine (C=N–C) groups is 2. The van der Waals surface area contributed by atoms with Crippen LogP contribution in [0, 0.1) is 5.92 Å². The molecule has 1 aliphatic carbocycles. The second kappa shape index (κ2) is 8.17. The van der Waals surface area contributed by atoms with E-state index in [2.05, 4.69) is 15.1 Å². The van der Waals surface area contributed by atoms with Gasteiger partial charge in [0.1, 0.15) is 18.0 Å². The fourth-order valence-corrected chi connectivity index (χ4v) is 4.00. The zero-order valence-electron chi connectivity index (χ0n) is 18.6. The Hall–Kier alpha value is -2.43. The molecule has 0 N–H and O–H groups in total. The van der Waals surface area contributed by atoms with Gasteiger partial charge in [-0.05, 0) is 40.0 Å². The minimum atomic E-state index is -4.54. The number of aryl methyl sites for hydroxylation is 1. The van der Waals surface area contributed by atoms with Crippen LogP contribution in [0.5, 0.6) is 0 Å². The van der Waals surface area contributed by atoms with Crippen LogP contribution in [0.2, 0.25) is 0 Å². The Labute approximate surface area is 184 Å². The van der Waals surface area contributed by atoms with Crippen LogP contribution in [-0.2, 0) is 22.7 Å².